The van der Waals surface area contributed by atoms with Gasteiger partial charge in [-0.25, -0.2) is 0 Å². The third-order valence-corrected chi connectivity index (χ3v) is 1.88. The number of halogens is 1. The van der Waals surface area contributed by atoms with E-state index in [0.29, 0.717) is 0 Å². The molecule has 1 aliphatic rings. The van der Waals surface area contributed by atoms with Gasteiger partial charge in [0.1, 0.15) is 0 Å². The topological polar surface area (TPSA) is 15.3 Å². The standard InChI is InChI=1S/C7H16N2.ClH/c1-7(2)9-5-3-8-4-6-9;/h7-8H,3-6H2,1-2H3;1H/p-1. The predicted octanol–water partition coefficient (Wildman–Crippen LogP) is -2.70. The number of nitrogens with zero attached hydrogens (tertiary/aromatic N) is 1. The molecule has 3 heteroatoms. The van der Waals surface area contributed by atoms with Gasteiger partial charge in [-0.2, -0.15) is 0 Å². The maximum atomic E-state index is 3.33. The third-order valence-electron chi connectivity index (χ3n) is 1.88. The molecule has 0 spiro atoms. The van der Waals surface area contributed by atoms with Crippen LogP contribution in [0.15, 0.2) is 0 Å². The average molecular weight is 164 g/mol. The second kappa shape index (κ2) is 4.94. The van der Waals surface area contributed by atoms with Crippen molar-refractivity contribution in [3.63, 3.8) is 0 Å². The van der Waals surface area contributed by atoms with E-state index in [-0.39, 0.29) is 12.4 Å². The van der Waals surface area contributed by atoms with E-state index in [1.807, 2.05) is 0 Å². The van der Waals surface area contributed by atoms with Gasteiger partial charge in [-0.05, 0) is 13.8 Å². The van der Waals surface area contributed by atoms with Gasteiger partial charge in [0.25, 0.3) is 0 Å². The smallest absolute Gasteiger partial charge is 0.0110 e. The summed E-state index contributed by atoms with van der Waals surface area (Å²) >= 11 is 0. The first-order valence-electron chi connectivity index (χ1n) is 3.75. The van der Waals surface area contributed by atoms with Crippen molar-refractivity contribution < 1.29 is 12.4 Å². The molecule has 1 aliphatic heterocycles. The van der Waals surface area contributed by atoms with E-state index in [2.05, 4.69) is 24.1 Å². The highest BCUT2D eigenvalue weighted by Gasteiger charge is 2.11. The molecule has 0 bridgehead atoms. The molecule has 0 atom stereocenters. The lowest BCUT2D eigenvalue weighted by Crippen LogP contribution is -3.00. The number of rotatable bonds is 1. The highest BCUT2D eigenvalue weighted by Crippen LogP contribution is 1.97. The van der Waals surface area contributed by atoms with Crippen molar-refractivity contribution in [3.8, 4) is 0 Å². The van der Waals surface area contributed by atoms with Crippen molar-refractivity contribution in [3.05, 3.63) is 0 Å². The Labute approximate surface area is 69.4 Å². The monoisotopic (exact) mass is 163 g/mol. The predicted molar refractivity (Wildman–Crippen MR) is 39.6 cm³/mol. The fourth-order valence-electron chi connectivity index (χ4n) is 1.20. The molecule has 0 aromatic rings. The summed E-state index contributed by atoms with van der Waals surface area (Å²) in [5.41, 5.74) is 0. The third kappa shape index (κ3) is 2.86. The van der Waals surface area contributed by atoms with Crippen LogP contribution in [0.4, 0.5) is 0 Å². The van der Waals surface area contributed by atoms with Gasteiger partial charge in [0.2, 0.25) is 0 Å². The minimum Gasteiger partial charge on any atom is -1.00 e. The van der Waals surface area contributed by atoms with Crippen LogP contribution in [0.2, 0.25) is 0 Å². The Hall–Kier alpha value is 0.210. The Balaban J connectivity index is 0.000000810. The van der Waals surface area contributed by atoms with E-state index in [1.54, 1.807) is 0 Å². The molecular weight excluding hydrogens is 148 g/mol. The van der Waals surface area contributed by atoms with Crippen molar-refractivity contribution in [1.29, 1.82) is 0 Å². The second-order valence-electron chi connectivity index (χ2n) is 2.88. The maximum absolute atomic E-state index is 3.33. The molecule has 2 nitrogen and oxygen atoms in total. The normalized spacial score (nSPS) is 20.7. The largest absolute Gasteiger partial charge is 1.00 e. The maximum Gasteiger partial charge on any atom is 0.0110 e. The number of hydrogen-bond acceptors (Lipinski definition) is 2. The lowest BCUT2D eigenvalue weighted by atomic mass is 10.3. The number of nitrogens with one attached hydrogen (secondary N) is 1. The summed E-state index contributed by atoms with van der Waals surface area (Å²) in [5, 5.41) is 3.33. The van der Waals surface area contributed by atoms with E-state index < -0.39 is 0 Å². The molecule has 1 rings (SSSR count). The van der Waals surface area contributed by atoms with Crippen LogP contribution in [0.25, 0.3) is 0 Å². The van der Waals surface area contributed by atoms with Crippen LogP contribution in [0.1, 0.15) is 13.8 Å². The summed E-state index contributed by atoms with van der Waals surface area (Å²) in [6.07, 6.45) is 0. The molecule has 1 fully saturated rings. The van der Waals surface area contributed by atoms with Crippen LogP contribution in [-0.2, 0) is 0 Å². The van der Waals surface area contributed by atoms with Crippen LogP contribution in [0.5, 0.6) is 0 Å². The molecule has 10 heavy (non-hydrogen) atoms. The molecule has 1 N–H and O–H groups in total. The van der Waals surface area contributed by atoms with Gasteiger partial charge >= 0.3 is 0 Å². The highest BCUT2D eigenvalue weighted by atomic mass is 35.5. The quantitative estimate of drug-likeness (QED) is 0.453. The summed E-state index contributed by atoms with van der Waals surface area (Å²) in [6.45, 7) is 9.28. The van der Waals surface area contributed by atoms with Crippen LogP contribution in [-0.4, -0.2) is 37.1 Å². The molecule has 0 amide bonds. The average Bonchev–Trinajstić information content (AvgIpc) is 1.90. The SMILES string of the molecule is CC(C)N1CCNCC1.[Cl-]. The first-order chi connectivity index (χ1) is 4.30. The molecule has 0 saturated carbocycles. The van der Waals surface area contributed by atoms with Gasteiger partial charge in [-0.15, -0.1) is 0 Å². The molecular formula is C7H16ClN2-. The molecule has 62 valence electrons. The second-order valence-corrected chi connectivity index (χ2v) is 2.88. The lowest BCUT2D eigenvalue weighted by molar-refractivity contribution is -0.00000220. The Morgan fingerprint density at radius 3 is 2.00 bits per heavy atom. The Bertz CT molecular complexity index is 79.7. The molecule has 0 radical (unpaired) electrons. The molecule has 0 unspecified atom stereocenters. The van der Waals surface area contributed by atoms with Crippen molar-refractivity contribution in [1.82, 2.24) is 10.2 Å². The van der Waals surface area contributed by atoms with Crippen LogP contribution >= 0.6 is 0 Å². The van der Waals surface area contributed by atoms with Crippen LogP contribution in [0.3, 0.4) is 0 Å². The zero-order valence-electron chi connectivity index (χ0n) is 6.73. The summed E-state index contributed by atoms with van der Waals surface area (Å²) in [7, 11) is 0. The summed E-state index contributed by atoms with van der Waals surface area (Å²) in [6, 6.07) is 0.729. The van der Waals surface area contributed by atoms with Crippen molar-refractivity contribution in [2.45, 2.75) is 19.9 Å². The Morgan fingerprint density at radius 1 is 1.20 bits per heavy atom. The van der Waals surface area contributed by atoms with Gasteiger partial charge in [0.05, 0.1) is 0 Å². The van der Waals surface area contributed by atoms with Crippen LogP contribution in [0, 0.1) is 0 Å². The van der Waals surface area contributed by atoms with Crippen molar-refractivity contribution in [2.75, 3.05) is 26.2 Å². The van der Waals surface area contributed by atoms with Crippen LogP contribution < -0.4 is 17.7 Å². The van der Waals surface area contributed by atoms with Gasteiger partial charge in [0, 0.05) is 32.2 Å². The fourth-order valence-corrected chi connectivity index (χ4v) is 1.20. The first-order valence-corrected chi connectivity index (χ1v) is 3.75. The van der Waals surface area contributed by atoms with Gasteiger partial charge in [0.15, 0.2) is 0 Å². The van der Waals surface area contributed by atoms with E-state index >= 15 is 0 Å². The van der Waals surface area contributed by atoms with E-state index in [1.165, 1.54) is 13.1 Å². The highest BCUT2D eigenvalue weighted by molar-refractivity contribution is 4.69. The van der Waals surface area contributed by atoms with E-state index in [4.69, 9.17) is 0 Å². The van der Waals surface area contributed by atoms with E-state index in [0.717, 1.165) is 19.1 Å². The minimum atomic E-state index is 0. The van der Waals surface area contributed by atoms with E-state index in [9.17, 15) is 0 Å². The van der Waals surface area contributed by atoms with Gasteiger partial charge in [-0.1, -0.05) is 0 Å². The fraction of sp³-hybridized carbons (Fsp3) is 1.00. The van der Waals surface area contributed by atoms with Gasteiger partial charge < -0.3 is 17.7 Å². The summed E-state index contributed by atoms with van der Waals surface area (Å²) < 4.78 is 0. The van der Waals surface area contributed by atoms with Crippen molar-refractivity contribution >= 4 is 0 Å². The zero-order valence-corrected chi connectivity index (χ0v) is 7.49. The summed E-state index contributed by atoms with van der Waals surface area (Å²) in [5.74, 6) is 0. The number of hydrogen-bond donors (Lipinski definition) is 1. The zero-order chi connectivity index (χ0) is 6.69. The molecule has 0 aromatic heterocycles. The number of piperazine rings is 1. The molecule has 0 aliphatic carbocycles. The molecule has 1 heterocycles. The first kappa shape index (κ1) is 10.2. The molecule has 1 saturated heterocycles. The molecule has 0 aromatic carbocycles. The summed E-state index contributed by atoms with van der Waals surface area (Å²) in [4.78, 5) is 2.50. The lowest BCUT2D eigenvalue weighted by Gasteiger charge is -2.30. The Morgan fingerprint density at radius 2 is 1.70 bits per heavy atom. The minimum absolute atomic E-state index is 0. The van der Waals surface area contributed by atoms with Crippen molar-refractivity contribution in [2.24, 2.45) is 0 Å². The Kier molecular flexibility index (Phi) is 5.04. The van der Waals surface area contributed by atoms with Gasteiger partial charge in [-0.3, -0.25) is 4.90 Å².